The molecule has 1 aromatic rings. The van der Waals surface area contributed by atoms with Gasteiger partial charge in [-0.2, -0.15) is 4.98 Å². The van der Waals surface area contributed by atoms with Crippen molar-refractivity contribution in [3.8, 4) is 0 Å². The number of aromatic nitrogens is 2. The summed E-state index contributed by atoms with van der Waals surface area (Å²) in [4.78, 5) is 14.6. The van der Waals surface area contributed by atoms with Gasteiger partial charge in [-0.05, 0) is 19.3 Å². The Morgan fingerprint density at radius 3 is 3.12 bits per heavy atom. The molecule has 1 fully saturated rings. The van der Waals surface area contributed by atoms with E-state index in [0.29, 0.717) is 31.2 Å². The number of rotatable bonds is 5. The molecule has 1 aliphatic rings. The van der Waals surface area contributed by atoms with Gasteiger partial charge in [0.2, 0.25) is 5.89 Å². The molecule has 0 saturated carbocycles. The minimum absolute atomic E-state index is 0.129. The molecule has 1 atom stereocenters. The van der Waals surface area contributed by atoms with Crippen LogP contribution in [0, 0.1) is 0 Å². The molecule has 2 heterocycles. The van der Waals surface area contributed by atoms with Crippen LogP contribution in [0.15, 0.2) is 4.52 Å². The molecule has 0 bridgehead atoms. The monoisotopic (exact) mass is 240 g/mol. The van der Waals surface area contributed by atoms with Crippen molar-refractivity contribution < 1.29 is 19.2 Å². The van der Waals surface area contributed by atoms with E-state index < -0.39 is 5.97 Å². The molecule has 94 valence electrons. The summed E-state index contributed by atoms with van der Waals surface area (Å²) in [6, 6.07) is 0. The van der Waals surface area contributed by atoms with Gasteiger partial charge in [-0.3, -0.25) is 4.79 Å². The zero-order valence-electron chi connectivity index (χ0n) is 9.59. The Bertz CT molecular complexity index is 371. The van der Waals surface area contributed by atoms with Gasteiger partial charge in [-0.1, -0.05) is 5.16 Å². The van der Waals surface area contributed by atoms with E-state index in [1.54, 1.807) is 0 Å². The topological polar surface area (TPSA) is 85.5 Å². The molecular formula is C11H16N2O4. The fourth-order valence-electron chi connectivity index (χ4n) is 1.87. The Balaban J connectivity index is 1.84. The van der Waals surface area contributed by atoms with Crippen LogP contribution in [0.2, 0.25) is 0 Å². The zero-order chi connectivity index (χ0) is 12.1. The summed E-state index contributed by atoms with van der Waals surface area (Å²) >= 11 is 0. The number of aryl methyl sites for hydroxylation is 1. The third-order valence-electron chi connectivity index (χ3n) is 2.79. The minimum Gasteiger partial charge on any atom is -0.481 e. The Morgan fingerprint density at radius 2 is 2.41 bits per heavy atom. The van der Waals surface area contributed by atoms with Crippen LogP contribution >= 0.6 is 0 Å². The van der Waals surface area contributed by atoms with Crippen LogP contribution in [0.4, 0.5) is 0 Å². The SMILES string of the molecule is O=C(O)CCCc1nc(C2CCCOC2)no1. The lowest BCUT2D eigenvalue weighted by molar-refractivity contribution is -0.137. The van der Waals surface area contributed by atoms with E-state index in [1.165, 1.54) is 0 Å². The standard InChI is InChI=1S/C11H16N2O4/c14-10(15)5-1-4-9-12-11(13-17-9)8-3-2-6-16-7-8/h8H,1-7H2,(H,14,15). The maximum atomic E-state index is 10.4. The van der Waals surface area contributed by atoms with Gasteiger partial charge in [0.1, 0.15) is 0 Å². The van der Waals surface area contributed by atoms with Gasteiger partial charge < -0.3 is 14.4 Å². The molecule has 6 nitrogen and oxygen atoms in total. The number of hydrogen-bond donors (Lipinski definition) is 1. The van der Waals surface area contributed by atoms with Crippen molar-refractivity contribution in [3.05, 3.63) is 11.7 Å². The third kappa shape index (κ3) is 3.52. The predicted octanol–water partition coefficient (Wildman–Crippen LogP) is 1.37. The van der Waals surface area contributed by atoms with Crippen molar-refractivity contribution in [3.63, 3.8) is 0 Å². The Hall–Kier alpha value is -1.43. The molecule has 0 amide bonds. The van der Waals surface area contributed by atoms with E-state index in [2.05, 4.69) is 10.1 Å². The summed E-state index contributed by atoms with van der Waals surface area (Å²) in [5, 5.41) is 12.4. The molecule has 0 radical (unpaired) electrons. The Kier molecular flexibility index (Phi) is 4.08. The first-order valence-corrected chi connectivity index (χ1v) is 5.87. The van der Waals surface area contributed by atoms with Crippen LogP contribution in [-0.2, 0) is 16.0 Å². The summed E-state index contributed by atoms with van der Waals surface area (Å²) in [7, 11) is 0. The molecule has 0 aromatic carbocycles. The first-order valence-electron chi connectivity index (χ1n) is 5.87. The van der Waals surface area contributed by atoms with Crippen LogP contribution in [0.5, 0.6) is 0 Å². The molecule has 6 heteroatoms. The first-order chi connectivity index (χ1) is 8.25. The van der Waals surface area contributed by atoms with E-state index in [4.69, 9.17) is 14.4 Å². The van der Waals surface area contributed by atoms with Crippen LogP contribution in [0.3, 0.4) is 0 Å². The number of carboxylic acid groups (broad SMARTS) is 1. The Labute approximate surface area is 99.0 Å². The largest absolute Gasteiger partial charge is 0.481 e. The van der Waals surface area contributed by atoms with Crippen molar-refractivity contribution in [1.29, 1.82) is 0 Å². The van der Waals surface area contributed by atoms with Crippen LogP contribution in [-0.4, -0.2) is 34.4 Å². The predicted molar refractivity (Wildman–Crippen MR) is 57.7 cm³/mol. The quantitative estimate of drug-likeness (QED) is 0.836. The van der Waals surface area contributed by atoms with Gasteiger partial charge in [0, 0.05) is 25.4 Å². The smallest absolute Gasteiger partial charge is 0.303 e. The fourth-order valence-corrected chi connectivity index (χ4v) is 1.87. The number of carbonyl (C=O) groups is 1. The molecular weight excluding hydrogens is 224 g/mol. The number of hydrogen-bond acceptors (Lipinski definition) is 5. The number of nitrogens with zero attached hydrogens (tertiary/aromatic N) is 2. The van der Waals surface area contributed by atoms with E-state index in [0.717, 1.165) is 19.4 Å². The van der Waals surface area contributed by atoms with E-state index in [-0.39, 0.29) is 12.3 Å². The average Bonchev–Trinajstić information content (AvgIpc) is 2.78. The molecule has 1 aliphatic heterocycles. The molecule has 0 spiro atoms. The maximum absolute atomic E-state index is 10.4. The summed E-state index contributed by atoms with van der Waals surface area (Å²) in [5.74, 6) is 0.632. The second-order valence-electron chi connectivity index (χ2n) is 4.21. The van der Waals surface area contributed by atoms with Crippen LogP contribution < -0.4 is 0 Å². The van der Waals surface area contributed by atoms with Gasteiger partial charge in [0.25, 0.3) is 0 Å². The van der Waals surface area contributed by atoms with Gasteiger partial charge in [0.15, 0.2) is 5.82 Å². The molecule has 0 aliphatic carbocycles. The fraction of sp³-hybridized carbons (Fsp3) is 0.727. The Morgan fingerprint density at radius 1 is 1.53 bits per heavy atom. The van der Waals surface area contributed by atoms with Crippen LogP contribution in [0.25, 0.3) is 0 Å². The molecule has 2 rings (SSSR count). The second-order valence-corrected chi connectivity index (χ2v) is 4.21. The zero-order valence-corrected chi connectivity index (χ0v) is 9.59. The maximum Gasteiger partial charge on any atom is 0.303 e. The summed E-state index contributed by atoms with van der Waals surface area (Å²) in [6.07, 6.45) is 3.22. The number of aliphatic carboxylic acids is 1. The third-order valence-corrected chi connectivity index (χ3v) is 2.79. The highest BCUT2D eigenvalue weighted by atomic mass is 16.5. The molecule has 1 saturated heterocycles. The molecule has 1 aromatic heterocycles. The average molecular weight is 240 g/mol. The normalized spacial score (nSPS) is 20.4. The van der Waals surface area contributed by atoms with E-state index in [1.807, 2.05) is 0 Å². The van der Waals surface area contributed by atoms with Crippen molar-refractivity contribution in [2.24, 2.45) is 0 Å². The lowest BCUT2D eigenvalue weighted by Gasteiger charge is -2.18. The van der Waals surface area contributed by atoms with Gasteiger partial charge in [-0.25, -0.2) is 0 Å². The molecule has 1 unspecified atom stereocenters. The lowest BCUT2D eigenvalue weighted by atomic mass is 10.0. The molecule has 17 heavy (non-hydrogen) atoms. The van der Waals surface area contributed by atoms with Gasteiger partial charge in [0.05, 0.1) is 6.61 Å². The summed E-state index contributed by atoms with van der Waals surface area (Å²) < 4.78 is 10.4. The van der Waals surface area contributed by atoms with Crippen molar-refractivity contribution in [2.45, 2.75) is 38.0 Å². The first kappa shape index (κ1) is 12.0. The second kappa shape index (κ2) is 5.77. The van der Waals surface area contributed by atoms with E-state index in [9.17, 15) is 4.79 Å². The highest BCUT2D eigenvalue weighted by Gasteiger charge is 2.21. The van der Waals surface area contributed by atoms with Gasteiger partial charge >= 0.3 is 5.97 Å². The number of ether oxygens (including phenoxy) is 1. The van der Waals surface area contributed by atoms with Crippen LogP contribution in [0.1, 0.15) is 43.3 Å². The molecule has 1 N–H and O–H groups in total. The lowest BCUT2D eigenvalue weighted by Crippen LogP contribution is -2.16. The minimum atomic E-state index is -0.801. The highest BCUT2D eigenvalue weighted by Crippen LogP contribution is 2.23. The highest BCUT2D eigenvalue weighted by molar-refractivity contribution is 5.66. The van der Waals surface area contributed by atoms with E-state index >= 15 is 0 Å². The van der Waals surface area contributed by atoms with Crippen molar-refractivity contribution in [2.75, 3.05) is 13.2 Å². The summed E-state index contributed by atoms with van der Waals surface area (Å²) in [6.45, 7) is 1.45. The number of carboxylic acids is 1. The summed E-state index contributed by atoms with van der Waals surface area (Å²) in [5.41, 5.74) is 0. The van der Waals surface area contributed by atoms with Gasteiger partial charge in [-0.15, -0.1) is 0 Å². The van der Waals surface area contributed by atoms with Crippen molar-refractivity contribution >= 4 is 5.97 Å². The van der Waals surface area contributed by atoms with Crippen molar-refractivity contribution in [1.82, 2.24) is 10.1 Å².